The number of fused-ring (bicyclic) bond motifs is 1. The maximum absolute atomic E-state index is 5.72. The molecule has 0 atom stereocenters. The number of H-pyrrole nitrogens is 1. The molecule has 0 amide bonds. The standard InChI is InChI=1S/C12H16N2/c1-8(2)12-9-5-3-4-6-10(9)14-11(12)7-13/h3-6,8,14H,7,13H2,1-2H3. The number of nitrogens with one attached hydrogen (secondary N) is 1. The normalized spacial score (nSPS) is 11.4. The van der Waals surface area contributed by atoms with Crippen LogP contribution in [0.5, 0.6) is 0 Å². The minimum atomic E-state index is 0.518. The number of aromatic amines is 1. The third-order valence-corrected chi connectivity index (χ3v) is 2.61. The quantitative estimate of drug-likeness (QED) is 0.747. The molecule has 1 aromatic heterocycles. The van der Waals surface area contributed by atoms with E-state index in [9.17, 15) is 0 Å². The lowest BCUT2D eigenvalue weighted by Gasteiger charge is -2.05. The Kier molecular flexibility index (Phi) is 2.30. The lowest BCUT2D eigenvalue weighted by Crippen LogP contribution is -2.01. The van der Waals surface area contributed by atoms with E-state index in [1.54, 1.807) is 0 Å². The van der Waals surface area contributed by atoms with E-state index in [-0.39, 0.29) is 0 Å². The Balaban J connectivity index is 2.74. The van der Waals surface area contributed by atoms with Crippen molar-refractivity contribution < 1.29 is 0 Å². The minimum Gasteiger partial charge on any atom is -0.357 e. The van der Waals surface area contributed by atoms with Crippen LogP contribution in [-0.4, -0.2) is 4.98 Å². The highest BCUT2D eigenvalue weighted by molar-refractivity contribution is 5.85. The SMILES string of the molecule is CC(C)c1c(CN)[nH]c2ccccc12. The Morgan fingerprint density at radius 2 is 2.00 bits per heavy atom. The largest absolute Gasteiger partial charge is 0.357 e. The van der Waals surface area contributed by atoms with Gasteiger partial charge in [0.15, 0.2) is 0 Å². The van der Waals surface area contributed by atoms with Crippen LogP contribution in [0.2, 0.25) is 0 Å². The molecular formula is C12H16N2. The molecule has 0 saturated carbocycles. The highest BCUT2D eigenvalue weighted by atomic mass is 14.8. The summed E-state index contributed by atoms with van der Waals surface area (Å²) in [6.07, 6.45) is 0. The van der Waals surface area contributed by atoms with Gasteiger partial charge in [-0.25, -0.2) is 0 Å². The van der Waals surface area contributed by atoms with Gasteiger partial charge in [-0.1, -0.05) is 32.0 Å². The van der Waals surface area contributed by atoms with E-state index >= 15 is 0 Å². The Morgan fingerprint density at radius 1 is 1.29 bits per heavy atom. The number of rotatable bonds is 2. The minimum absolute atomic E-state index is 0.518. The van der Waals surface area contributed by atoms with Crippen molar-refractivity contribution in [1.29, 1.82) is 0 Å². The van der Waals surface area contributed by atoms with Gasteiger partial charge < -0.3 is 10.7 Å². The van der Waals surface area contributed by atoms with Crippen molar-refractivity contribution in [2.45, 2.75) is 26.3 Å². The van der Waals surface area contributed by atoms with Gasteiger partial charge in [-0.3, -0.25) is 0 Å². The molecule has 0 spiro atoms. The summed E-state index contributed by atoms with van der Waals surface area (Å²) >= 11 is 0. The zero-order valence-electron chi connectivity index (χ0n) is 8.67. The summed E-state index contributed by atoms with van der Waals surface area (Å²) in [6.45, 7) is 4.99. The second-order valence-corrected chi connectivity index (χ2v) is 3.92. The second kappa shape index (κ2) is 3.46. The lowest BCUT2D eigenvalue weighted by atomic mass is 9.99. The predicted molar refractivity (Wildman–Crippen MR) is 60.3 cm³/mol. The van der Waals surface area contributed by atoms with Gasteiger partial charge in [-0.15, -0.1) is 0 Å². The molecule has 0 aliphatic rings. The van der Waals surface area contributed by atoms with Gasteiger partial charge in [0.1, 0.15) is 0 Å². The summed E-state index contributed by atoms with van der Waals surface area (Å²) in [5, 5.41) is 1.31. The van der Waals surface area contributed by atoms with E-state index in [1.807, 2.05) is 6.07 Å². The van der Waals surface area contributed by atoms with Crippen LogP contribution in [0.25, 0.3) is 10.9 Å². The van der Waals surface area contributed by atoms with E-state index in [1.165, 1.54) is 22.2 Å². The van der Waals surface area contributed by atoms with Crippen LogP contribution in [0, 0.1) is 0 Å². The average molecular weight is 188 g/mol. The van der Waals surface area contributed by atoms with E-state index in [0.717, 1.165) is 0 Å². The van der Waals surface area contributed by atoms with Gasteiger partial charge in [-0.05, 0) is 17.5 Å². The molecule has 0 radical (unpaired) electrons. The van der Waals surface area contributed by atoms with Gasteiger partial charge in [0.25, 0.3) is 0 Å². The number of aromatic nitrogens is 1. The van der Waals surface area contributed by atoms with Gasteiger partial charge in [0.2, 0.25) is 0 Å². The summed E-state index contributed by atoms with van der Waals surface area (Å²) in [5.74, 6) is 0.518. The second-order valence-electron chi connectivity index (χ2n) is 3.92. The van der Waals surface area contributed by atoms with Crippen molar-refractivity contribution >= 4 is 10.9 Å². The van der Waals surface area contributed by atoms with E-state index in [2.05, 4.69) is 37.0 Å². The van der Waals surface area contributed by atoms with Crippen molar-refractivity contribution in [3.63, 3.8) is 0 Å². The van der Waals surface area contributed by atoms with Crippen molar-refractivity contribution in [3.05, 3.63) is 35.5 Å². The summed E-state index contributed by atoms with van der Waals surface area (Å²) < 4.78 is 0. The molecule has 1 heterocycles. The molecule has 0 aliphatic carbocycles. The van der Waals surface area contributed by atoms with Crippen LogP contribution in [0.4, 0.5) is 0 Å². The molecule has 2 heteroatoms. The number of para-hydroxylation sites is 1. The monoisotopic (exact) mass is 188 g/mol. The fraction of sp³-hybridized carbons (Fsp3) is 0.333. The zero-order valence-corrected chi connectivity index (χ0v) is 8.67. The molecule has 14 heavy (non-hydrogen) atoms. The molecule has 0 unspecified atom stereocenters. The number of hydrogen-bond acceptors (Lipinski definition) is 1. The molecule has 2 aromatic rings. The van der Waals surface area contributed by atoms with Gasteiger partial charge in [0, 0.05) is 23.1 Å². The van der Waals surface area contributed by atoms with Crippen LogP contribution in [-0.2, 0) is 6.54 Å². The van der Waals surface area contributed by atoms with E-state index in [0.29, 0.717) is 12.5 Å². The summed E-state index contributed by atoms with van der Waals surface area (Å²) in [5.41, 5.74) is 9.44. The van der Waals surface area contributed by atoms with Gasteiger partial charge >= 0.3 is 0 Å². The Bertz CT molecular complexity index is 441. The first-order chi connectivity index (χ1) is 6.74. The summed E-state index contributed by atoms with van der Waals surface area (Å²) in [4.78, 5) is 3.37. The third kappa shape index (κ3) is 1.32. The fourth-order valence-corrected chi connectivity index (χ4v) is 2.04. The molecule has 0 aliphatic heterocycles. The van der Waals surface area contributed by atoms with Gasteiger partial charge in [-0.2, -0.15) is 0 Å². The van der Waals surface area contributed by atoms with Crippen molar-refractivity contribution in [2.24, 2.45) is 5.73 Å². The third-order valence-electron chi connectivity index (χ3n) is 2.61. The molecule has 74 valence electrons. The number of hydrogen-bond donors (Lipinski definition) is 2. The zero-order chi connectivity index (χ0) is 10.1. The maximum atomic E-state index is 5.72. The lowest BCUT2D eigenvalue weighted by molar-refractivity contribution is 0.841. The van der Waals surface area contributed by atoms with Crippen molar-refractivity contribution in [1.82, 2.24) is 4.98 Å². The van der Waals surface area contributed by atoms with Gasteiger partial charge in [0.05, 0.1) is 0 Å². The predicted octanol–water partition coefficient (Wildman–Crippen LogP) is 2.75. The summed E-state index contributed by atoms with van der Waals surface area (Å²) in [7, 11) is 0. The topological polar surface area (TPSA) is 41.8 Å². The van der Waals surface area contributed by atoms with Crippen LogP contribution in [0.1, 0.15) is 31.0 Å². The molecule has 0 fully saturated rings. The molecule has 0 bridgehead atoms. The molecule has 3 N–H and O–H groups in total. The molecule has 0 saturated heterocycles. The van der Waals surface area contributed by atoms with Crippen molar-refractivity contribution in [3.8, 4) is 0 Å². The maximum Gasteiger partial charge on any atom is 0.0459 e. The average Bonchev–Trinajstić information content (AvgIpc) is 2.55. The smallest absolute Gasteiger partial charge is 0.0459 e. The first kappa shape index (κ1) is 9.28. The number of nitrogens with two attached hydrogens (primary N) is 1. The first-order valence-electron chi connectivity index (χ1n) is 5.03. The van der Waals surface area contributed by atoms with Crippen molar-refractivity contribution in [2.75, 3.05) is 0 Å². The van der Waals surface area contributed by atoms with E-state index < -0.39 is 0 Å². The first-order valence-corrected chi connectivity index (χ1v) is 5.03. The highest BCUT2D eigenvalue weighted by Gasteiger charge is 2.12. The fourth-order valence-electron chi connectivity index (χ4n) is 2.04. The Morgan fingerprint density at radius 3 is 2.64 bits per heavy atom. The van der Waals surface area contributed by atoms with E-state index in [4.69, 9.17) is 5.73 Å². The van der Waals surface area contributed by atoms with Crippen LogP contribution in [0.3, 0.4) is 0 Å². The van der Waals surface area contributed by atoms with Crippen LogP contribution in [0.15, 0.2) is 24.3 Å². The van der Waals surface area contributed by atoms with Crippen LogP contribution >= 0.6 is 0 Å². The Labute approximate surface area is 84.1 Å². The molecule has 2 rings (SSSR count). The molecule has 2 nitrogen and oxygen atoms in total. The number of benzene rings is 1. The summed E-state index contributed by atoms with van der Waals surface area (Å²) in [6, 6.07) is 8.37. The molecule has 1 aromatic carbocycles. The molecular weight excluding hydrogens is 172 g/mol. The Hall–Kier alpha value is -1.28. The highest BCUT2D eigenvalue weighted by Crippen LogP contribution is 2.28. The van der Waals surface area contributed by atoms with Crippen LogP contribution < -0.4 is 5.73 Å².